The lowest BCUT2D eigenvalue weighted by atomic mass is 10.3. The summed E-state index contributed by atoms with van der Waals surface area (Å²) in [5, 5.41) is 10.3. The molecule has 0 radical (unpaired) electrons. The highest BCUT2D eigenvalue weighted by atomic mass is 32.2. The highest BCUT2D eigenvalue weighted by Gasteiger charge is 2.22. The largest absolute Gasteiger partial charge is 0.422 e. The van der Waals surface area contributed by atoms with Crippen molar-refractivity contribution in [1.29, 1.82) is 0 Å². The number of non-ortho nitro benzene ring substituents is 1. The molecule has 8 nitrogen and oxygen atoms in total. The Balaban J connectivity index is 2.83. The summed E-state index contributed by atoms with van der Waals surface area (Å²) in [5.41, 5.74) is -0.219. The van der Waals surface area contributed by atoms with Gasteiger partial charge in [0.15, 0.2) is 4.91 Å². The zero-order chi connectivity index (χ0) is 13.9. The molecule has 0 aliphatic rings. The van der Waals surface area contributed by atoms with Crippen molar-refractivity contribution in [3.05, 3.63) is 45.9 Å². The van der Waals surface area contributed by atoms with Crippen LogP contribution in [0.4, 0.5) is 5.69 Å². The minimum atomic E-state index is -4.72. The SMILES string of the molecule is C=C(C(=O)Oc1ccc([N+](=O)[O-])cc1)S(=O)(=O)O. The van der Waals surface area contributed by atoms with Crippen LogP contribution in [0.15, 0.2) is 35.7 Å². The average molecular weight is 273 g/mol. The van der Waals surface area contributed by atoms with Gasteiger partial charge in [-0.25, -0.2) is 4.79 Å². The van der Waals surface area contributed by atoms with Gasteiger partial charge in [-0.1, -0.05) is 6.58 Å². The molecule has 1 aromatic carbocycles. The Bertz CT molecular complexity index is 602. The van der Waals surface area contributed by atoms with E-state index in [1.54, 1.807) is 0 Å². The van der Waals surface area contributed by atoms with Crippen LogP contribution >= 0.6 is 0 Å². The number of nitrogens with zero attached hydrogens (tertiary/aromatic N) is 1. The molecule has 0 saturated carbocycles. The molecule has 1 N–H and O–H groups in total. The summed E-state index contributed by atoms with van der Waals surface area (Å²) in [5.74, 6) is -1.48. The molecular formula is C9H7NO7S. The summed E-state index contributed by atoms with van der Waals surface area (Å²) in [6.07, 6.45) is 0. The Morgan fingerprint density at radius 1 is 1.33 bits per heavy atom. The third kappa shape index (κ3) is 3.37. The summed E-state index contributed by atoms with van der Waals surface area (Å²) in [6.45, 7) is 2.85. The topological polar surface area (TPSA) is 124 Å². The maximum atomic E-state index is 11.2. The van der Waals surface area contributed by atoms with Crippen molar-refractivity contribution in [3.63, 3.8) is 0 Å². The molecule has 0 fully saturated rings. The lowest BCUT2D eigenvalue weighted by Crippen LogP contribution is -2.17. The molecule has 96 valence electrons. The van der Waals surface area contributed by atoms with Crippen LogP contribution in [-0.2, 0) is 14.9 Å². The van der Waals surface area contributed by atoms with Crippen molar-refractivity contribution < 1.29 is 27.4 Å². The number of hydrogen-bond acceptors (Lipinski definition) is 6. The Morgan fingerprint density at radius 2 is 1.83 bits per heavy atom. The second kappa shape index (κ2) is 4.94. The number of esters is 1. The summed E-state index contributed by atoms with van der Waals surface area (Å²) in [4.78, 5) is 19.8. The molecule has 0 unspecified atom stereocenters. The fraction of sp³-hybridized carbons (Fsp3) is 0. The van der Waals surface area contributed by atoms with Gasteiger partial charge in [0.1, 0.15) is 5.75 Å². The smallest absolute Gasteiger partial charge is 0.357 e. The molecule has 0 aliphatic carbocycles. The van der Waals surface area contributed by atoms with Gasteiger partial charge >= 0.3 is 16.1 Å². The summed E-state index contributed by atoms with van der Waals surface area (Å²) in [7, 11) is -4.72. The Labute approximate surface area is 101 Å². The second-order valence-corrected chi connectivity index (χ2v) is 4.48. The van der Waals surface area contributed by atoms with E-state index in [4.69, 9.17) is 4.55 Å². The maximum absolute atomic E-state index is 11.2. The molecule has 18 heavy (non-hydrogen) atoms. The molecular weight excluding hydrogens is 266 g/mol. The van der Waals surface area contributed by atoms with Crippen molar-refractivity contribution >= 4 is 21.8 Å². The van der Waals surface area contributed by atoms with Crippen molar-refractivity contribution in [1.82, 2.24) is 0 Å². The molecule has 1 rings (SSSR count). The number of benzene rings is 1. The minimum absolute atomic E-state index is 0.115. The number of ether oxygens (including phenoxy) is 1. The number of nitro benzene ring substituents is 1. The first kappa shape index (κ1) is 13.8. The predicted octanol–water partition coefficient (Wildman–Crippen LogP) is 0.902. The predicted molar refractivity (Wildman–Crippen MR) is 59.4 cm³/mol. The van der Waals surface area contributed by atoms with Crippen molar-refractivity contribution in [2.24, 2.45) is 0 Å². The molecule has 1 aromatic rings. The lowest BCUT2D eigenvalue weighted by Gasteiger charge is -2.03. The minimum Gasteiger partial charge on any atom is -0.422 e. The quantitative estimate of drug-likeness (QED) is 0.216. The van der Waals surface area contributed by atoms with Gasteiger partial charge < -0.3 is 4.74 Å². The maximum Gasteiger partial charge on any atom is 0.357 e. The van der Waals surface area contributed by atoms with E-state index in [0.29, 0.717) is 0 Å². The second-order valence-electron chi connectivity index (χ2n) is 3.04. The first-order valence-electron chi connectivity index (χ1n) is 4.35. The van der Waals surface area contributed by atoms with Crippen LogP contribution in [0.1, 0.15) is 0 Å². The molecule has 0 aliphatic heterocycles. The fourth-order valence-corrected chi connectivity index (χ4v) is 1.16. The molecule has 0 amide bonds. The van der Waals surface area contributed by atoms with E-state index in [-0.39, 0.29) is 11.4 Å². The molecule has 0 heterocycles. The van der Waals surface area contributed by atoms with E-state index >= 15 is 0 Å². The molecule has 0 atom stereocenters. The van der Waals surface area contributed by atoms with E-state index in [0.717, 1.165) is 24.3 Å². The summed E-state index contributed by atoms with van der Waals surface area (Å²) < 4.78 is 34.2. The van der Waals surface area contributed by atoms with E-state index in [2.05, 4.69) is 11.3 Å². The van der Waals surface area contributed by atoms with Crippen LogP contribution in [0.3, 0.4) is 0 Å². The first-order chi connectivity index (χ1) is 8.21. The summed E-state index contributed by atoms with van der Waals surface area (Å²) >= 11 is 0. The highest BCUT2D eigenvalue weighted by Crippen LogP contribution is 2.18. The van der Waals surface area contributed by atoms with E-state index < -0.39 is 25.9 Å². The standard InChI is InChI=1S/C9H7NO7S/c1-6(18(14,15)16)9(11)17-8-4-2-7(3-5-8)10(12)13/h2-5H,1H2,(H,14,15,16). The first-order valence-corrected chi connectivity index (χ1v) is 5.79. The Kier molecular flexibility index (Phi) is 3.79. The zero-order valence-corrected chi connectivity index (χ0v) is 9.59. The van der Waals surface area contributed by atoms with Gasteiger partial charge in [0.25, 0.3) is 5.69 Å². The van der Waals surface area contributed by atoms with Gasteiger partial charge in [-0.05, 0) is 12.1 Å². The van der Waals surface area contributed by atoms with Crippen molar-refractivity contribution in [3.8, 4) is 5.75 Å². The third-order valence-electron chi connectivity index (χ3n) is 1.80. The van der Waals surface area contributed by atoms with Gasteiger partial charge in [0.05, 0.1) is 4.92 Å². The van der Waals surface area contributed by atoms with Gasteiger partial charge in [0, 0.05) is 12.1 Å². The molecule has 0 bridgehead atoms. The van der Waals surface area contributed by atoms with Gasteiger partial charge in [-0.15, -0.1) is 0 Å². The summed E-state index contributed by atoms with van der Waals surface area (Å²) in [6, 6.07) is 4.35. The number of rotatable bonds is 4. The van der Waals surface area contributed by atoms with E-state index in [1.165, 1.54) is 0 Å². The number of carbonyl (C=O) groups is 1. The molecule has 0 spiro atoms. The van der Waals surface area contributed by atoms with Crippen molar-refractivity contribution in [2.45, 2.75) is 0 Å². The average Bonchev–Trinajstić information content (AvgIpc) is 2.27. The van der Waals surface area contributed by atoms with Crippen molar-refractivity contribution in [2.75, 3.05) is 0 Å². The third-order valence-corrected chi connectivity index (χ3v) is 2.59. The van der Waals surface area contributed by atoms with Crippen LogP contribution in [-0.4, -0.2) is 23.9 Å². The lowest BCUT2D eigenvalue weighted by molar-refractivity contribution is -0.384. The number of carbonyl (C=O) groups excluding carboxylic acids is 1. The number of hydrogen-bond donors (Lipinski definition) is 1. The van der Waals surface area contributed by atoms with Crippen LogP contribution in [0.25, 0.3) is 0 Å². The highest BCUT2D eigenvalue weighted by molar-refractivity contribution is 7.90. The monoisotopic (exact) mass is 273 g/mol. The Hall–Kier alpha value is -2.26. The van der Waals surface area contributed by atoms with Gasteiger partial charge in [0.2, 0.25) is 0 Å². The van der Waals surface area contributed by atoms with E-state index in [1.807, 2.05) is 0 Å². The van der Waals surface area contributed by atoms with E-state index in [9.17, 15) is 23.3 Å². The van der Waals surface area contributed by atoms with Crippen LogP contribution in [0, 0.1) is 10.1 Å². The van der Waals surface area contributed by atoms with Crippen LogP contribution < -0.4 is 4.74 Å². The normalized spacial score (nSPS) is 10.7. The molecule has 0 aromatic heterocycles. The van der Waals surface area contributed by atoms with Gasteiger partial charge in [-0.3, -0.25) is 14.7 Å². The Morgan fingerprint density at radius 3 is 2.22 bits per heavy atom. The molecule has 9 heteroatoms. The van der Waals surface area contributed by atoms with Gasteiger partial charge in [-0.2, -0.15) is 8.42 Å². The fourth-order valence-electron chi connectivity index (χ4n) is 0.905. The molecule has 0 saturated heterocycles. The van der Waals surface area contributed by atoms with Crippen LogP contribution in [0.2, 0.25) is 0 Å². The van der Waals surface area contributed by atoms with Crippen LogP contribution in [0.5, 0.6) is 5.75 Å². The zero-order valence-electron chi connectivity index (χ0n) is 8.77. The number of nitro groups is 1.